The predicted octanol–water partition coefficient (Wildman–Crippen LogP) is 3.65. The highest BCUT2D eigenvalue weighted by Gasteiger charge is 2.25. The molecule has 1 amide bonds. The van der Waals surface area contributed by atoms with E-state index in [1.807, 2.05) is 19.1 Å². The summed E-state index contributed by atoms with van der Waals surface area (Å²) in [6, 6.07) is 17.1. The Morgan fingerprint density at radius 2 is 1.84 bits per heavy atom. The van der Waals surface area contributed by atoms with Gasteiger partial charge in [0.1, 0.15) is 5.56 Å². The van der Waals surface area contributed by atoms with Crippen LogP contribution in [0.5, 0.6) is 0 Å². The maximum absolute atomic E-state index is 13.7. The highest BCUT2D eigenvalue weighted by molar-refractivity contribution is 6.05. The molecule has 0 saturated heterocycles. The number of amides is 1. The number of carbonyl (C=O) groups excluding carboxylic acids is 2. The molecule has 8 nitrogen and oxygen atoms in total. The van der Waals surface area contributed by atoms with Gasteiger partial charge < -0.3 is 10.0 Å². The SMILES string of the molecule is CC1C=C(N(C)C(=O)c2cc3ccccc3n(C(=O)c3ccc(-n4cccn4)cc3)c2=O)C=CC1CO. The van der Waals surface area contributed by atoms with Crippen LogP contribution in [0.4, 0.5) is 0 Å². The van der Waals surface area contributed by atoms with E-state index in [9.17, 15) is 19.5 Å². The number of fused-ring (bicyclic) bond motifs is 1. The number of likely N-dealkylation sites (N-methyl/N-ethyl adjacent to an activating group) is 1. The van der Waals surface area contributed by atoms with Gasteiger partial charge in [0.15, 0.2) is 0 Å². The molecule has 1 N–H and O–H groups in total. The summed E-state index contributed by atoms with van der Waals surface area (Å²) >= 11 is 0. The largest absolute Gasteiger partial charge is 0.396 e. The molecule has 0 fully saturated rings. The highest BCUT2D eigenvalue weighted by Crippen LogP contribution is 2.25. The van der Waals surface area contributed by atoms with Crippen LogP contribution in [0, 0.1) is 11.8 Å². The predicted molar refractivity (Wildman–Crippen MR) is 141 cm³/mol. The highest BCUT2D eigenvalue weighted by atomic mass is 16.3. The van der Waals surface area contributed by atoms with Crippen LogP contribution in [0.1, 0.15) is 27.6 Å². The number of rotatable bonds is 5. The van der Waals surface area contributed by atoms with Crippen molar-refractivity contribution in [2.45, 2.75) is 6.92 Å². The summed E-state index contributed by atoms with van der Waals surface area (Å²) in [6.45, 7) is 1.97. The minimum absolute atomic E-state index is 0.0134. The lowest BCUT2D eigenvalue weighted by atomic mass is 9.89. The Morgan fingerprint density at radius 3 is 2.51 bits per heavy atom. The minimum atomic E-state index is -0.682. The molecule has 2 heterocycles. The first-order valence-electron chi connectivity index (χ1n) is 12.0. The molecule has 4 aromatic rings. The smallest absolute Gasteiger partial charge is 0.270 e. The number of nitrogens with zero attached hydrogens (tertiary/aromatic N) is 4. The average molecular weight is 495 g/mol. The van der Waals surface area contributed by atoms with E-state index < -0.39 is 17.4 Å². The summed E-state index contributed by atoms with van der Waals surface area (Å²) in [6.07, 6.45) is 8.98. The summed E-state index contributed by atoms with van der Waals surface area (Å²) in [7, 11) is 1.60. The second kappa shape index (κ2) is 9.83. The lowest BCUT2D eigenvalue weighted by Crippen LogP contribution is -2.37. The lowest BCUT2D eigenvalue weighted by Gasteiger charge is -2.26. The number of carbonyl (C=O) groups is 2. The Labute approximate surface area is 213 Å². The number of para-hydroxylation sites is 1. The Balaban J connectivity index is 1.55. The molecule has 0 saturated carbocycles. The molecule has 5 rings (SSSR count). The quantitative estimate of drug-likeness (QED) is 0.457. The number of pyridine rings is 1. The van der Waals surface area contributed by atoms with E-state index >= 15 is 0 Å². The van der Waals surface area contributed by atoms with Gasteiger partial charge in [0.25, 0.3) is 17.4 Å². The Hall–Kier alpha value is -4.56. The Morgan fingerprint density at radius 1 is 1.08 bits per heavy atom. The van der Waals surface area contributed by atoms with Crippen molar-refractivity contribution in [3.8, 4) is 5.69 Å². The molecule has 186 valence electrons. The van der Waals surface area contributed by atoms with E-state index in [-0.39, 0.29) is 24.0 Å². The van der Waals surface area contributed by atoms with Crippen molar-refractivity contribution in [1.82, 2.24) is 19.2 Å². The third kappa shape index (κ3) is 4.43. The molecule has 0 bridgehead atoms. The van der Waals surface area contributed by atoms with Gasteiger partial charge >= 0.3 is 0 Å². The van der Waals surface area contributed by atoms with Gasteiger partial charge in [-0.25, -0.2) is 9.25 Å². The summed E-state index contributed by atoms with van der Waals surface area (Å²) in [4.78, 5) is 42.2. The second-order valence-corrected chi connectivity index (χ2v) is 9.08. The van der Waals surface area contributed by atoms with E-state index in [4.69, 9.17) is 0 Å². The maximum Gasteiger partial charge on any atom is 0.270 e. The molecule has 37 heavy (non-hydrogen) atoms. The zero-order chi connectivity index (χ0) is 26.1. The standard InChI is InChI=1S/C29H26N4O4/c1-19-16-24(13-10-22(19)18-34)31(2)28(36)25-17-21-6-3-4-7-26(21)33(29(25)37)27(35)20-8-11-23(12-9-20)32-15-5-14-30-32/h3-17,19,22,34H,18H2,1-2H3. The Bertz CT molecular complexity index is 1600. The zero-order valence-corrected chi connectivity index (χ0v) is 20.5. The fraction of sp³-hybridized carbons (Fsp3) is 0.172. The fourth-order valence-corrected chi connectivity index (χ4v) is 4.52. The van der Waals surface area contributed by atoms with Gasteiger partial charge in [0.05, 0.1) is 11.2 Å². The third-order valence-corrected chi connectivity index (χ3v) is 6.75. The molecule has 2 atom stereocenters. The summed E-state index contributed by atoms with van der Waals surface area (Å²) in [5, 5.41) is 14.3. The van der Waals surface area contributed by atoms with Crippen LogP contribution in [-0.4, -0.2) is 49.8 Å². The normalized spacial score (nSPS) is 17.0. The number of aromatic nitrogens is 3. The first-order valence-corrected chi connectivity index (χ1v) is 12.0. The van der Waals surface area contributed by atoms with Gasteiger partial charge in [0.2, 0.25) is 0 Å². The van der Waals surface area contributed by atoms with Crippen molar-refractivity contribution in [3.05, 3.63) is 118 Å². The minimum Gasteiger partial charge on any atom is -0.396 e. The third-order valence-electron chi connectivity index (χ3n) is 6.75. The number of benzene rings is 2. The van der Waals surface area contributed by atoms with Gasteiger partial charge in [-0.05, 0) is 59.8 Å². The molecule has 2 aromatic heterocycles. The summed E-state index contributed by atoms with van der Waals surface area (Å²) in [5.41, 5.74) is 1.34. The first kappa shape index (κ1) is 24.1. The molecular formula is C29H26N4O4. The number of hydrogen-bond acceptors (Lipinski definition) is 5. The van der Waals surface area contributed by atoms with Gasteiger partial charge in [-0.1, -0.05) is 37.3 Å². The van der Waals surface area contributed by atoms with Crippen molar-refractivity contribution in [2.75, 3.05) is 13.7 Å². The second-order valence-electron chi connectivity index (χ2n) is 9.08. The Kier molecular flexibility index (Phi) is 6.42. The summed E-state index contributed by atoms with van der Waals surface area (Å²) < 4.78 is 2.73. The van der Waals surface area contributed by atoms with Crippen molar-refractivity contribution in [1.29, 1.82) is 0 Å². The molecule has 2 aromatic carbocycles. The fourth-order valence-electron chi connectivity index (χ4n) is 4.52. The van der Waals surface area contributed by atoms with Crippen molar-refractivity contribution in [3.63, 3.8) is 0 Å². The zero-order valence-electron chi connectivity index (χ0n) is 20.5. The van der Waals surface area contributed by atoms with Crippen LogP contribution in [0.3, 0.4) is 0 Å². The van der Waals surface area contributed by atoms with Gasteiger partial charge in [-0.3, -0.25) is 14.4 Å². The van der Waals surface area contributed by atoms with Gasteiger partial charge in [-0.15, -0.1) is 0 Å². The molecule has 0 spiro atoms. The van der Waals surface area contributed by atoms with Crippen LogP contribution in [0.2, 0.25) is 0 Å². The maximum atomic E-state index is 13.7. The molecule has 0 radical (unpaired) electrons. The molecule has 1 aliphatic rings. The molecule has 2 unspecified atom stereocenters. The first-order chi connectivity index (χ1) is 17.9. The van der Waals surface area contributed by atoms with Crippen LogP contribution >= 0.6 is 0 Å². The van der Waals surface area contributed by atoms with Crippen molar-refractivity contribution < 1.29 is 14.7 Å². The van der Waals surface area contributed by atoms with E-state index in [1.54, 1.807) is 84.8 Å². The monoisotopic (exact) mass is 494 g/mol. The average Bonchev–Trinajstić information content (AvgIpc) is 3.47. The van der Waals surface area contributed by atoms with Crippen LogP contribution in [0.25, 0.3) is 16.6 Å². The molecule has 8 heteroatoms. The summed E-state index contributed by atoms with van der Waals surface area (Å²) in [5.74, 6) is -1.04. The van der Waals surface area contributed by atoms with Gasteiger partial charge in [-0.2, -0.15) is 5.10 Å². The van der Waals surface area contributed by atoms with Crippen LogP contribution < -0.4 is 5.56 Å². The number of aliphatic hydroxyl groups is 1. The number of aliphatic hydroxyl groups excluding tert-OH is 1. The lowest BCUT2D eigenvalue weighted by molar-refractivity contribution is 0.0836. The van der Waals surface area contributed by atoms with E-state index in [0.29, 0.717) is 22.2 Å². The van der Waals surface area contributed by atoms with Crippen molar-refractivity contribution in [2.24, 2.45) is 11.8 Å². The molecule has 1 aliphatic carbocycles. The molecule has 0 aliphatic heterocycles. The number of hydrogen-bond donors (Lipinski definition) is 1. The van der Waals surface area contributed by atoms with Gasteiger partial charge in [0, 0.05) is 43.2 Å². The van der Waals surface area contributed by atoms with E-state index in [0.717, 1.165) is 10.3 Å². The molecular weight excluding hydrogens is 468 g/mol. The van der Waals surface area contributed by atoms with Crippen LogP contribution in [-0.2, 0) is 0 Å². The van der Waals surface area contributed by atoms with Crippen molar-refractivity contribution >= 4 is 22.7 Å². The van der Waals surface area contributed by atoms with E-state index in [2.05, 4.69) is 5.10 Å². The van der Waals surface area contributed by atoms with E-state index in [1.165, 1.54) is 11.0 Å². The number of allylic oxidation sites excluding steroid dienone is 2. The van der Waals surface area contributed by atoms with Crippen LogP contribution in [0.15, 0.2) is 102 Å². The topological polar surface area (TPSA) is 97.4 Å².